The van der Waals surface area contributed by atoms with E-state index in [-0.39, 0.29) is 0 Å². The van der Waals surface area contributed by atoms with Crippen molar-refractivity contribution in [1.82, 2.24) is 0 Å². The van der Waals surface area contributed by atoms with Gasteiger partial charge in [-0.05, 0) is 18.2 Å². The number of halogens is 2. The van der Waals surface area contributed by atoms with Crippen LogP contribution in [0.2, 0.25) is 10.0 Å². The largest absolute Gasteiger partial charge is 0.384 e. The van der Waals surface area contributed by atoms with Crippen molar-refractivity contribution in [2.45, 2.75) is 4.90 Å². The number of benzene rings is 1. The van der Waals surface area contributed by atoms with Crippen molar-refractivity contribution >= 4 is 35.0 Å². The Hall–Kier alpha value is 0.110. The Morgan fingerprint density at radius 2 is 2.15 bits per heavy atom. The van der Waals surface area contributed by atoms with Gasteiger partial charge in [0.15, 0.2) is 0 Å². The zero-order chi connectivity index (χ0) is 9.68. The first-order valence-electron chi connectivity index (χ1n) is 3.81. The molecule has 0 heterocycles. The normalized spacial score (nSPS) is 10.4. The maximum absolute atomic E-state index is 5.95. The number of methoxy groups -OCH3 is 1. The SMILES string of the molecule is COCCSc1cc(Cl)ccc1Cl. The molecule has 0 aromatic heterocycles. The highest BCUT2D eigenvalue weighted by Crippen LogP contribution is 2.29. The molecule has 0 N–H and O–H groups in total. The highest BCUT2D eigenvalue weighted by Gasteiger charge is 2.01. The van der Waals surface area contributed by atoms with E-state index in [4.69, 9.17) is 27.9 Å². The number of hydrogen-bond donors (Lipinski definition) is 0. The molecule has 0 fully saturated rings. The van der Waals surface area contributed by atoms with E-state index in [1.807, 2.05) is 6.07 Å². The van der Waals surface area contributed by atoms with Crippen molar-refractivity contribution in [3.05, 3.63) is 28.2 Å². The van der Waals surface area contributed by atoms with Gasteiger partial charge in [0.05, 0.1) is 11.6 Å². The van der Waals surface area contributed by atoms with Crippen molar-refractivity contribution in [1.29, 1.82) is 0 Å². The monoisotopic (exact) mass is 236 g/mol. The second kappa shape index (κ2) is 5.76. The van der Waals surface area contributed by atoms with E-state index in [1.165, 1.54) is 0 Å². The van der Waals surface area contributed by atoms with Crippen LogP contribution in [0.15, 0.2) is 23.1 Å². The third kappa shape index (κ3) is 3.77. The van der Waals surface area contributed by atoms with E-state index >= 15 is 0 Å². The van der Waals surface area contributed by atoms with Crippen molar-refractivity contribution in [2.75, 3.05) is 19.5 Å². The molecule has 0 radical (unpaired) electrons. The van der Waals surface area contributed by atoms with Gasteiger partial charge in [-0.1, -0.05) is 23.2 Å². The molecule has 0 saturated heterocycles. The van der Waals surface area contributed by atoms with E-state index in [2.05, 4.69) is 0 Å². The van der Waals surface area contributed by atoms with Gasteiger partial charge >= 0.3 is 0 Å². The minimum atomic E-state index is 0.712. The van der Waals surface area contributed by atoms with Crippen LogP contribution in [0.4, 0.5) is 0 Å². The lowest BCUT2D eigenvalue weighted by atomic mass is 10.4. The van der Waals surface area contributed by atoms with E-state index in [1.54, 1.807) is 31.0 Å². The Kier molecular flexibility index (Phi) is 4.96. The quantitative estimate of drug-likeness (QED) is 0.582. The standard InChI is InChI=1S/C9H10Cl2OS/c1-12-4-5-13-9-6-7(10)2-3-8(9)11/h2-3,6H,4-5H2,1H3. The average molecular weight is 237 g/mol. The van der Waals surface area contributed by atoms with Crippen molar-refractivity contribution in [3.63, 3.8) is 0 Å². The topological polar surface area (TPSA) is 9.23 Å². The number of hydrogen-bond acceptors (Lipinski definition) is 2. The van der Waals surface area contributed by atoms with Crippen LogP contribution in [0.25, 0.3) is 0 Å². The highest BCUT2D eigenvalue weighted by atomic mass is 35.5. The summed E-state index contributed by atoms with van der Waals surface area (Å²) < 4.78 is 4.94. The van der Waals surface area contributed by atoms with Crippen molar-refractivity contribution in [2.24, 2.45) is 0 Å². The van der Waals surface area contributed by atoms with Crippen LogP contribution in [-0.4, -0.2) is 19.5 Å². The molecule has 0 unspecified atom stereocenters. The van der Waals surface area contributed by atoms with Gasteiger partial charge in [-0.15, -0.1) is 11.8 Å². The predicted octanol–water partition coefficient (Wildman–Crippen LogP) is 3.73. The Morgan fingerprint density at radius 1 is 1.38 bits per heavy atom. The van der Waals surface area contributed by atoms with Crippen LogP contribution in [0, 0.1) is 0 Å². The fourth-order valence-electron chi connectivity index (χ4n) is 0.823. The molecule has 72 valence electrons. The predicted molar refractivity (Wildman–Crippen MR) is 59.1 cm³/mol. The lowest BCUT2D eigenvalue weighted by Gasteiger charge is -2.03. The summed E-state index contributed by atoms with van der Waals surface area (Å²) in [6.07, 6.45) is 0. The Balaban J connectivity index is 2.59. The molecule has 0 saturated carbocycles. The van der Waals surface area contributed by atoms with Gasteiger partial charge in [0.2, 0.25) is 0 Å². The molecule has 0 aliphatic carbocycles. The molecule has 4 heteroatoms. The Labute approximate surface area is 92.4 Å². The summed E-state index contributed by atoms with van der Waals surface area (Å²) in [5.41, 5.74) is 0. The smallest absolute Gasteiger partial charge is 0.0556 e. The molecule has 0 aliphatic heterocycles. The zero-order valence-electron chi connectivity index (χ0n) is 7.22. The summed E-state index contributed by atoms with van der Waals surface area (Å²) in [6, 6.07) is 5.45. The second-order valence-electron chi connectivity index (χ2n) is 2.42. The van der Waals surface area contributed by atoms with E-state index < -0.39 is 0 Å². The molecule has 1 nitrogen and oxygen atoms in total. The molecule has 1 aromatic carbocycles. The molecule has 0 amide bonds. The maximum atomic E-state index is 5.95. The third-order valence-electron chi connectivity index (χ3n) is 1.44. The first-order chi connectivity index (χ1) is 6.24. The van der Waals surface area contributed by atoms with Crippen LogP contribution < -0.4 is 0 Å². The van der Waals surface area contributed by atoms with E-state index in [9.17, 15) is 0 Å². The summed E-state index contributed by atoms with van der Waals surface area (Å²) in [5, 5.41) is 1.45. The Bertz CT molecular complexity index is 278. The van der Waals surface area contributed by atoms with Crippen LogP contribution in [0.5, 0.6) is 0 Å². The van der Waals surface area contributed by atoms with Crippen LogP contribution in [-0.2, 0) is 4.74 Å². The van der Waals surface area contributed by atoms with E-state index in [0.717, 1.165) is 15.7 Å². The minimum absolute atomic E-state index is 0.712. The number of thioether (sulfide) groups is 1. The first-order valence-corrected chi connectivity index (χ1v) is 5.55. The number of ether oxygens (including phenoxy) is 1. The van der Waals surface area contributed by atoms with Crippen LogP contribution in [0.1, 0.15) is 0 Å². The van der Waals surface area contributed by atoms with Crippen molar-refractivity contribution < 1.29 is 4.74 Å². The fourth-order valence-corrected chi connectivity index (χ4v) is 2.23. The van der Waals surface area contributed by atoms with Gasteiger partial charge in [0.1, 0.15) is 0 Å². The lowest BCUT2D eigenvalue weighted by Crippen LogP contribution is -1.91. The fraction of sp³-hybridized carbons (Fsp3) is 0.333. The van der Waals surface area contributed by atoms with Gasteiger partial charge < -0.3 is 4.74 Å². The average Bonchev–Trinajstić information content (AvgIpc) is 2.11. The third-order valence-corrected chi connectivity index (χ3v) is 3.13. The summed E-state index contributed by atoms with van der Waals surface area (Å²) in [6.45, 7) is 0.716. The first kappa shape index (κ1) is 11.2. The summed E-state index contributed by atoms with van der Waals surface area (Å²) in [5.74, 6) is 0.885. The van der Waals surface area contributed by atoms with Gasteiger partial charge in [-0.25, -0.2) is 0 Å². The molecular formula is C9H10Cl2OS. The molecule has 0 aliphatic rings. The zero-order valence-corrected chi connectivity index (χ0v) is 9.55. The molecule has 1 rings (SSSR count). The molecular weight excluding hydrogens is 227 g/mol. The lowest BCUT2D eigenvalue weighted by molar-refractivity contribution is 0.218. The van der Waals surface area contributed by atoms with Gasteiger partial charge in [-0.2, -0.15) is 0 Å². The number of rotatable bonds is 4. The van der Waals surface area contributed by atoms with Crippen molar-refractivity contribution in [3.8, 4) is 0 Å². The molecule has 0 atom stereocenters. The minimum Gasteiger partial charge on any atom is -0.384 e. The summed E-state index contributed by atoms with van der Waals surface area (Å²) in [4.78, 5) is 1.01. The molecule has 0 bridgehead atoms. The van der Waals surface area contributed by atoms with Gasteiger partial charge in [0, 0.05) is 22.8 Å². The molecule has 1 aromatic rings. The summed E-state index contributed by atoms with van der Waals surface area (Å²) in [7, 11) is 1.68. The van der Waals surface area contributed by atoms with Crippen LogP contribution >= 0.6 is 35.0 Å². The molecule has 0 spiro atoms. The summed E-state index contributed by atoms with van der Waals surface area (Å²) >= 11 is 13.4. The molecule has 13 heavy (non-hydrogen) atoms. The van der Waals surface area contributed by atoms with Gasteiger partial charge in [-0.3, -0.25) is 0 Å². The maximum Gasteiger partial charge on any atom is 0.0556 e. The second-order valence-corrected chi connectivity index (χ2v) is 4.40. The highest BCUT2D eigenvalue weighted by molar-refractivity contribution is 7.99. The van der Waals surface area contributed by atoms with Gasteiger partial charge in [0.25, 0.3) is 0 Å². The van der Waals surface area contributed by atoms with E-state index in [0.29, 0.717) is 11.6 Å². The van der Waals surface area contributed by atoms with Crippen LogP contribution in [0.3, 0.4) is 0 Å². The Morgan fingerprint density at radius 3 is 2.85 bits per heavy atom.